The van der Waals surface area contributed by atoms with E-state index in [4.69, 9.17) is 5.11 Å². The average Bonchev–Trinajstić information content (AvgIpc) is 2.42. The van der Waals surface area contributed by atoms with Crippen LogP contribution in [-0.2, 0) is 4.79 Å². The van der Waals surface area contributed by atoms with Crippen molar-refractivity contribution in [2.24, 2.45) is 0 Å². The molecule has 8 heteroatoms. The molecule has 0 saturated carbocycles. The first-order valence-electron chi connectivity index (χ1n) is 6.34. The Kier molecular flexibility index (Phi) is 5.77. The Hall–Kier alpha value is -2.51. The maximum absolute atomic E-state index is 13.2. The molecule has 1 aromatic carbocycles. The van der Waals surface area contributed by atoms with E-state index >= 15 is 0 Å². The number of carboxylic acid groups (broad SMARTS) is 1. The first kappa shape index (κ1) is 16.5. The molecule has 0 heterocycles. The number of benzene rings is 1. The number of nitrogens with one attached hydrogen (secondary N) is 1. The van der Waals surface area contributed by atoms with E-state index in [2.05, 4.69) is 5.32 Å². The first-order chi connectivity index (χ1) is 9.86. The Morgan fingerprint density at radius 3 is 2.67 bits per heavy atom. The van der Waals surface area contributed by atoms with Crippen molar-refractivity contribution in [2.45, 2.75) is 32.2 Å². The van der Waals surface area contributed by atoms with Gasteiger partial charge in [-0.2, -0.15) is 4.39 Å². The molecule has 0 spiro atoms. The first-order valence-corrected chi connectivity index (χ1v) is 6.34. The fourth-order valence-corrected chi connectivity index (χ4v) is 1.70. The van der Waals surface area contributed by atoms with Crippen molar-refractivity contribution in [2.75, 3.05) is 0 Å². The van der Waals surface area contributed by atoms with Crippen LogP contribution in [0.2, 0.25) is 0 Å². The lowest BCUT2D eigenvalue weighted by molar-refractivity contribution is -0.387. The van der Waals surface area contributed by atoms with Gasteiger partial charge in [0, 0.05) is 11.6 Å². The summed E-state index contributed by atoms with van der Waals surface area (Å²) in [5.74, 6) is -3.03. The minimum absolute atomic E-state index is 0.161. The van der Waals surface area contributed by atoms with Crippen molar-refractivity contribution >= 4 is 17.6 Å². The Morgan fingerprint density at radius 2 is 2.14 bits per heavy atom. The van der Waals surface area contributed by atoms with Crippen LogP contribution in [0.25, 0.3) is 0 Å². The standard InChI is InChI=1S/C13H15FN2O5/c1-2-3-4-10(13(18)19)15-12(17)8-5-6-9(14)11(7-8)16(20)21/h5-7,10H,2-4H2,1H3,(H,15,17)(H,18,19). The summed E-state index contributed by atoms with van der Waals surface area (Å²) in [7, 11) is 0. The van der Waals surface area contributed by atoms with Crippen molar-refractivity contribution < 1.29 is 24.0 Å². The van der Waals surface area contributed by atoms with E-state index in [1.807, 2.05) is 6.92 Å². The highest BCUT2D eigenvalue weighted by Crippen LogP contribution is 2.18. The van der Waals surface area contributed by atoms with Crippen LogP contribution >= 0.6 is 0 Å². The number of nitro benzene ring substituents is 1. The molecule has 1 amide bonds. The van der Waals surface area contributed by atoms with Gasteiger partial charge in [0.05, 0.1) is 4.92 Å². The lowest BCUT2D eigenvalue weighted by atomic mass is 10.1. The number of aliphatic carboxylic acids is 1. The summed E-state index contributed by atoms with van der Waals surface area (Å²) >= 11 is 0. The summed E-state index contributed by atoms with van der Waals surface area (Å²) in [4.78, 5) is 32.6. The van der Waals surface area contributed by atoms with Gasteiger partial charge in [0.2, 0.25) is 5.82 Å². The smallest absolute Gasteiger partial charge is 0.326 e. The predicted octanol–water partition coefficient (Wildman–Crippen LogP) is 2.11. The average molecular weight is 298 g/mol. The molecular weight excluding hydrogens is 283 g/mol. The number of rotatable bonds is 7. The molecule has 0 aliphatic carbocycles. The van der Waals surface area contributed by atoms with Gasteiger partial charge in [-0.05, 0) is 18.6 Å². The Labute approximate surface area is 119 Å². The fourth-order valence-electron chi connectivity index (χ4n) is 1.70. The molecular formula is C13H15FN2O5. The second-order valence-corrected chi connectivity index (χ2v) is 4.43. The molecule has 0 bridgehead atoms. The number of nitrogens with zero attached hydrogens (tertiary/aromatic N) is 1. The maximum atomic E-state index is 13.2. The third kappa shape index (κ3) is 4.51. The van der Waals surface area contributed by atoms with Crippen LogP contribution in [0, 0.1) is 15.9 Å². The molecule has 0 aliphatic rings. The molecule has 1 rings (SSSR count). The van der Waals surface area contributed by atoms with Gasteiger partial charge in [-0.15, -0.1) is 0 Å². The molecule has 2 N–H and O–H groups in total. The number of nitro groups is 1. The summed E-state index contributed by atoms with van der Waals surface area (Å²) < 4.78 is 13.2. The van der Waals surface area contributed by atoms with Crippen molar-refractivity contribution in [1.29, 1.82) is 0 Å². The summed E-state index contributed by atoms with van der Waals surface area (Å²) in [6.07, 6.45) is 1.63. The largest absolute Gasteiger partial charge is 0.480 e. The van der Waals surface area contributed by atoms with Crippen molar-refractivity contribution in [3.63, 3.8) is 0 Å². The topological polar surface area (TPSA) is 110 Å². The highest BCUT2D eigenvalue weighted by atomic mass is 19.1. The van der Waals surface area contributed by atoms with Gasteiger partial charge >= 0.3 is 11.7 Å². The maximum Gasteiger partial charge on any atom is 0.326 e. The molecule has 1 unspecified atom stereocenters. The molecule has 0 radical (unpaired) electrons. The van der Waals surface area contributed by atoms with Crippen LogP contribution in [-0.4, -0.2) is 27.9 Å². The van der Waals surface area contributed by atoms with Crippen molar-refractivity contribution in [1.82, 2.24) is 5.32 Å². The molecule has 21 heavy (non-hydrogen) atoms. The minimum Gasteiger partial charge on any atom is -0.480 e. The number of carbonyl (C=O) groups is 2. The number of hydrogen-bond acceptors (Lipinski definition) is 4. The lowest BCUT2D eigenvalue weighted by Gasteiger charge is -2.14. The van der Waals surface area contributed by atoms with Gasteiger partial charge < -0.3 is 10.4 Å². The zero-order valence-electron chi connectivity index (χ0n) is 11.3. The van der Waals surface area contributed by atoms with Crippen LogP contribution in [0.3, 0.4) is 0 Å². The summed E-state index contributed by atoms with van der Waals surface area (Å²) in [6.45, 7) is 1.88. The SMILES string of the molecule is CCCCC(NC(=O)c1ccc(F)c([N+](=O)[O-])c1)C(=O)O. The lowest BCUT2D eigenvalue weighted by Crippen LogP contribution is -2.40. The number of unbranched alkanes of at least 4 members (excludes halogenated alkanes) is 1. The van der Waals surface area contributed by atoms with E-state index in [0.29, 0.717) is 6.42 Å². The van der Waals surface area contributed by atoms with Crippen molar-refractivity contribution in [3.05, 3.63) is 39.7 Å². The second-order valence-electron chi connectivity index (χ2n) is 4.43. The number of carboxylic acids is 1. The normalized spacial score (nSPS) is 11.7. The van der Waals surface area contributed by atoms with Crippen LogP contribution in [0.4, 0.5) is 10.1 Å². The molecule has 114 valence electrons. The minimum atomic E-state index is -1.19. The molecule has 1 atom stereocenters. The van der Waals surface area contributed by atoms with Crippen LogP contribution in [0.5, 0.6) is 0 Å². The molecule has 7 nitrogen and oxygen atoms in total. The Balaban J connectivity index is 2.90. The predicted molar refractivity (Wildman–Crippen MR) is 71.5 cm³/mol. The molecule has 0 aliphatic heterocycles. The summed E-state index contributed by atoms with van der Waals surface area (Å²) in [5.41, 5.74) is -0.992. The molecule has 0 saturated heterocycles. The highest BCUT2D eigenvalue weighted by Gasteiger charge is 2.22. The molecule has 0 aromatic heterocycles. The van der Waals surface area contributed by atoms with Crippen molar-refractivity contribution in [3.8, 4) is 0 Å². The van der Waals surface area contributed by atoms with Gasteiger partial charge in [-0.3, -0.25) is 14.9 Å². The van der Waals surface area contributed by atoms with E-state index in [9.17, 15) is 24.1 Å². The summed E-state index contributed by atoms with van der Waals surface area (Å²) in [6, 6.07) is 1.57. The van der Waals surface area contributed by atoms with Gasteiger partial charge in [0.15, 0.2) is 0 Å². The quantitative estimate of drug-likeness (QED) is 0.591. The second kappa shape index (κ2) is 7.32. The van der Waals surface area contributed by atoms with Gasteiger partial charge in [-0.25, -0.2) is 4.79 Å². The van der Waals surface area contributed by atoms with E-state index in [0.717, 1.165) is 24.6 Å². The van der Waals surface area contributed by atoms with Gasteiger partial charge in [-0.1, -0.05) is 19.8 Å². The fraction of sp³-hybridized carbons (Fsp3) is 0.385. The third-order valence-corrected chi connectivity index (χ3v) is 2.85. The number of hydrogen-bond donors (Lipinski definition) is 2. The summed E-state index contributed by atoms with van der Waals surface area (Å²) in [5, 5.41) is 21.9. The zero-order valence-corrected chi connectivity index (χ0v) is 11.3. The van der Waals surface area contributed by atoms with E-state index in [1.54, 1.807) is 0 Å². The number of carbonyl (C=O) groups excluding carboxylic acids is 1. The third-order valence-electron chi connectivity index (χ3n) is 2.85. The Bertz CT molecular complexity index is 561. The van der Waals surface area contributed by atoms with Crippen LogP contribution in [0.15, 0.2) is 18.2 Å². The van der Waals surface area contributed by atoms with Crippen LogP contribution in [0.1, 0.15) is 36.5 Å². The van der Waals surface area contributed by atoms with Crippen LogP contribution < -0.4 is 5.32 Å². The number of halogens is 1. The van der Waals surface area contributed by atoms with Gasteiger partial charge in [0.25, 0.3) is 5.91 Å². The van der Waals surface area contributed by atoms with E-state index in [-0.39, 0.29) is 12.0 Å². The monoisotopic (exact) mass is 298 g/mol. The molecule has 1 aromatic rings. The highest BCUT2D eigenvalue weighted by molar-refractivity contribution is 5.97. The Morgan fingerprint density at radius 1 is 1.48 bits per heavy atom. The zero-order chi connectivity index (χ0) is 16.0. The number of amides is 1. The van der Waals surface area contributed by atoms with E-state index in [1.165, 1.54) is 0 Å². The van der Waals surface area contributed by atoms with Gasteiger partial charge in [0.1, 0.15) is 6.04 Å². The molecule has 0 fully saturated rings. The van der Waals surface area contributed by atoms with E-state index < -0.39 is 34.3 Å².